The van der Waals surface area contributed by atoms with Crippen molar-refractivity contribution < 1.29 is 24.2 Å². The van der Waals surface area contributed by atoms with Crippen LogP contribution in [-0.2, 0) is 9.59 Å². The van der Waals surface area contributed by atoms with Gasteiger partial charge in [0.05, 0.1) is 17.2 Å². The maximum Gasteiger partial charge on any atom is 0.277 e. The van der Waals surface area contributed by atoms with Gasteiger partial charge in [-0.25, -0.2) is 5.43 Å². The van der Waals surface area contributed by atoms with Gasteiger partial charge in [-0.3, -0.25) is 4.79 Å². The number of amides is 1. The molecule has 0 fully saturated rings. The van der Waals surface area contributed by atoms with Crippen molar-refractivity contribution in [2.75, 3.05) is 32.2 Å². The smallest absolute Gasteiger partial charge is 0.277 e. The normalized spacial score (nSPS) is 10.5. The van der Waals surface area contributed by atoms with E-state index in [9.17, 15) is 14.7 Å². The Morgan fingerprint density at radius 2 is 1.96 bits per heavy atom. The van der Waals surface area contributed by atoms with Crippen molar-refractivity contribution in [3.63, 3.8) is 0 Å². The third-order valence-electron chi connectivity index (χ3n) is 3.41. The molecule has 1 amide bonds. The average Bonchev–Trinajstić information content (AvgIpc) is 2.66. The summed E-state index contributed by atoms with van der Waals surface area (Å²) in [5.41, 5.74) is 3.89. The fourth-order valence-electron chi connectivity index (χ4n) is 2.06. The standard InChI is InChI=1S/C19H20ClN3O5/c1-23(2)14-4-3-5-15(9-14)27-11-18(24)22-21-10-13-6-7-17(16(20)8-13)28-12-19(25)26/h3-10H,11-12H2,1-2H3,(H,22,24)(H,25,26)/p-1. The van der Waals surface area contributed by atoms with Crippen LogP contribution in [-0.4, -0.2) is 45.4 Å². The highest BCUT2D eigenvalue weighted by molar-refractivity contribution is 6.32. The minimum Gasteiger partial charge on any atom is -0.546 e. The molecular weight excluding hydrogens is 386 g/mol. The molecule has 0 atom stereocenters. The van der Waals surface area contributed by atoms with Crippen LogP contribution in [0.4, 0.5) is 5.69 Å². The molecule has 0 spiro atoms. The number of nitrogens with zero attached hydrogens (tertiary/aromatic N) is 2. The Hall–Kier alpha value is -3.26. The number of carbonyl (C=O) groups is 2. The molecule has 0 heterocycles. The van der Waals surface area contributed by atoms with E-state index in [2.05, 4.69) is 10.5 Å². The summed E-state index contributed by atoms with van der Waals surface area (Å²) in [7, 11) is 3.82. The number of hydrazone groups is 1. The van der Waals surface area contributed by atoms with Crippen LogP contribution in [0.5, 0.6) is 11.5 Å². The number of halogens is 1. The molecular formula is C19H19ClN3O5-. The average molecular weight is 405 g/mol. The molecule has 0 unspecified atom stereocenters. The van der Waals surface area contributed by atoms with Gasteiger partial charge >= 0.3 is 0 Å². The predicted molar refractivity (Wildman–Crippen MR) is 104 cm³/mol. The van der Waals surface area contributed by atoms with Crippen LogP contribution in [0, 0.1) is 0 Å². The fourth-order valence-corrected chi connectivity index (χ4v) is 2.31. The van der Waals surface area contributed by atoms with Crippen molar-refractivity contribution in [2.45, 2.75) is 0 Å². The van der Waals surface area contributed by atoms with Crippen molar-refractivity contribution in [1.29, 1.82) is 0 Å². The van der Waals surface area contributed by atoms with E-state index in [1.165, 1.54) is 18.3 Å². The second-order valence-corrected chi connectivity index (χ2v) is 6.23. The Morgan fingerprint density at radius 3 is 2.64 bits per heavy atom. The topological polar surface area (TPSA) is 103 Å². The van der Waals surface area contributed by atoms with Crippen LogP contribution >= 0.6 is 11.6 Å². The maximum atomic E-state index is 11.8. The zero-order chi connectivity index (χ0) is 20.5. The molecule has 2 aromatic rings. The fraction of sp³-hybridized carbons (Fsp3) is 0.211. The van der Waals surface area contributed by atoms with E-state index < -0.39 is 18.5 Å². The van der Waals surface area contributed by atoms with Gasteiger partial charge in [0, 0.05) is 25.8 Å². The van der Waals surface area contributed by atoms with E-state index in [0.717, 1.165) is 5.69 Å². The quantitative estimate of drug-likeness (QED) is 0.495. The van der Waals surface area contributed by atoms with E-state index >= 15 is 0 Å². The Labute approximate surface area is 167 Å². The zero-order valence-corrected chi connectivity index (χ0v) is 16.1. The van der Waals surface area contributed by atoms with Gasteiger partial charge in [0.15, 0.2) is 6.61 Å². The molecule has 0 aromatic heterocycles. The number of hydrogen-bond donors (Lipinski definition) is 1. The zero-order valence-electron chi connectivity index (χ0n) is 15.3. The second-order valence-electron chi connectivity index (χ2n) is 5.82. The number of carbonyl (C=O) groups excluding carboxylic acids is 2. The second kappa shape index (κ2) is 10.2. The lowest BCUT2D eigenvalue weighted by molar-refractivity contribution is -0.307. The van der Waals surface area contributed by atoms with Gasteiger partial charge in [0.1, 0.15) is 18.1 Å². The Balaban J connectivity index is 1.83. The van der Waals surface area contributed by atoms with Gasteiger partial charge in [0.2, 0.25) is 0 Å². The number of carboxylic acid groups (broad SMARTS) is 1. The van der Waals surface area contributed by atoms with Gasteiger partial charge in [-0.05, 0) is 35.9 Å². The summed E-state index contributed by atoms with van der Waals surface area (Å²) in [5, 5.41) is 14.4. The van der Waals surface area contributed by atoms with Gasteiger partial charge in [-0.1, -0.05) is 17.7 Å². The summed E-state index contributed by atoms with van der Waals surface area (Å²) in [5.74, 6) is -0.990. The van der Waals surface area contributed by atoms with E-state index in [1.54, 1.807) is 12.1 Å². The molecule has 9 heteroatoms. The summed E-state index contributed by atoms with van der Waals surface area (Å²) in [6.07, 6.45) is 1.39. The molecule has 1 N–H and O–H groups in total. The molecule has 0 saturated heterocycles. The van der Waals surface area contributed by atoms with Gasteiger partial charge < -0.3 is 24.3 Å². The Kier molecular flexibility index (Phi) is 7.65. The predicted octanol–water partition coefficient (Wildman–Crippen LogP) is 1.06. The Bertz CT molecular complexity index is 870. The number of nitrogens with one attached hydrogen (secondary N) is 1. The number of benzene rings is 2. The van der Waals surface area contributed by atoms with Crippen LogP contribution in [0.15, 0.2) is 47.6 Å². The number of ether oxygens (including phenoxy) is 2. The molecule has 0 aliphatic heterocycles. The number of rotatable bonds is 9. The van der Waals surface area contributed by atoms with E-state index in [-0.39, 0.29) is 17.4 Å². The summed E-state index contributed by atoms with van der Waals surface area (Å²) >= 11 is 6.00. The summed E-state index contributed by atoms with van der Waals surface area (Å²) < 4.78 is 10.4. The van der Waals surface area contributed by atoms with E-state index in [4.69, 9.17) is 21.1 Å². The van der Waals surface area contributed by atoms with Crippen molar-refractivity contribution in [1.82, 2.24) is 5.43 Å². The molecule has 0 aliphatic rings. The molecule has 0 bridgehead atoms. The van der Waals surface area contributed by atoms with E-state index in [1.807, 2.05) is 37.2 Å². The first-order chi connectivity index (χ1) is 13.3. The van der Waals surface area contributed by atoms with Crippen LogP contribution < -0.4 is 24.9 Å². The number of anilines is 1. The minimum atomic E-state index is -1.35. The van der Waals surface area contributed by atoms with Crippen molar-refractivity contribution in [3.8, 4) is 11.5 Å². The molecule has 148 valence electrons. The van der Waals surface area contributed by atoms with Gasteiger partial charge in [-0.2, -0.15) is 5.10 Å². The van der Waals surface area contributed by atoms with Crippen LogP contribution in [0.25, 0.3) is 0 Å². The highest BCUT2D eigenvalue weighted by Crippen LogP contribution is 2.24. The minimum absolute atomic E-state index is 0.190. The van der Waals surface area contributed by atoms with Crippen molar-refractivity contribution in [2.24, 2.45) is 5.10 Å². The summed E-state index contributed by atoms with van der Waals surface area (Å²) in [6, 6.07) is 12.0. The first kappa shape index (κ1) is 21.0. The van der Waals surface area contributed by atoms with Gasteiger partial charge in [-0.15, -0.1) is 0 Å². The molecule has 2 rings (SSSR count). The monoisotopic (exact) mass is 404 g/mol. The van der Waals surface area contributed by atoms with E-state index in [0.29, 0.717) is 11.3 Å². The van der Waals surface area contributed by atoms with Crippen LogP contribution in [0.1, 0.15) is 5.56 Å². The molecule has 8 nitrogen and oxygen atoms in total. The SMILES string of the molecule is CN(C)c1cccc(OCC(=O)NN=Cc2ccc(OCC(=O)[O-])c(Cl)c2)c1. The van der Waals surface area contributed by atoms with Gasteiger partial charge in [0.25, 0.3) is 5.91 Å². The first-order valence-corrected chi connectivity index (χ1v) is 8.57. The molecule has 0 radical (unpaired) electrons. The summed E-state index contributed by atoms with van der Waals surface area (Å²) in [4.78, 5) is 24.1. The maximum absolute atomic E-state index is 11.8. The molecule has 28 heavy (non-hydrogen) atoms. The Morgan fingerprint density at radius 1 is 1.18 bits per heavy atom. The third-order valence-corrected chi connectivity index (χ3v) is 3.70. The summed E-state index contributed by atoms with van der Waals surface area (Å²) in [6.45, 7) is -0.786. The number of hydrogen-bond acceptors (Lipinski definition) is 7. The molecule has 2 aromatic carbocycles. The van der Waals surface area contributed by atoms with Crippen molar-refractivity contribution in [3.05, 3.63) is 53.1 Å². The molecule has 0 aliphatic carbocycles. The number of aliphatic carboxylic acids is 1. The highest BCUT2D eigenvalue weighted by atomic mass is 35.5. The van der Waals surface area contributed by atoms with Crippen LogP contribution in [0.3, 0.4) is 0 Å². The first-order valence-electron chi connectivity index (χ1n) is 8.19. The third kappa shape index (κ3) is 6.81. The lowest BCUT2D eigenvalue weighted by Crippen LogP contribution is -2.29. The lowest BCUT2D eigenvalue weighted by atomic mass is 10.2. The van der Waals surface area contributed by atoms with Crippen molar-refractivity contribution >= 4 is 35.4 Å². The highest BCUT2D eigenvalue weighted by Gasteiger charge is 2.04. The molecule has 0 saturated carbocycles. The number of carboxylic acids is 1. The lowest BCUT2D eigenvalue weighted by Gasteiger charge is -2.13. The largest absolute Gasteiger partial charge is 0.546 e. The van der Waals surface area contributed by atoms with Crippen LogP contribution in [0.2, 0.25) is 5.02 Å².